The fourth-order valence-electron chi connectivity index (χ4n) is 2.45. The highest BCUT2D eigenvalue weighted by Gasteiger charge is 2.28. The Labute approximate surface area is 159 Å². The number of benzene rings is 1. The normalized spacial score (nSPS) is 14.4. The molecule has 2 heterocycles. The zero-order valence-corrected chi connectivity index (χ0v) is 15.5. The van der Waals surface area contributed by atoms with Crippen molar-refractivity contribution in [2.75, 3.05) is 4.72 Å². The van der Waals surface area contributed by atoms with E-state index in [2.05, 4.69) is 25.2 Å². The Balaban J connectivity index is 1.58. The minimum Gasteiger partial charge on any atom is -0.280 e. The number of anilines is 1. The molecule has 2 aromatic heterocycles. The van der Waals surface area contributed by atoms with Crippen LogP contribution in [0.4, 0.5) is 5.69 Å². The van der Waals surface area contributed by atoms with Crippen LogP contribution in [0.5, 0.6) is 0 Å². The second-order valence-electron chi connectivity index (χ2n) is 5.78. The van der Waals surface area contributed by atoms with Gasteiger partial charge in [-0.3, -0.25) is 4.72 Å². The Morgan fingerprint density at radius 3 is 2.46 bits per heavy atom. The van der Waals surface area contributed by atoms with Crippen molar-refractivity contribution in [3.63, 3.8) is 0 Å². The summed E-state index contributed by atoms with van der Waals surface area (Å²) in [6.45, 7) is 0. The second-order valence-corrected chi connectivity index (χ2v) is 8.18. The molecule has 3 aromatic rings. The van der Waals surface area contributed by atoms with Crippen molar-refractivity contribution in [3.8, 4) is 11.4 Å². The molecule has 0 bridgehead atoms. The van der Waals surface area contributed by atoms with Crippen LogP contribution >= 0.6 is 23.2 Å². The van der Waals surface area contributed by atoms with Crippen molar-refractivity contribution in [1.82, 2.24) is 25.2 Å². The van der Waals surface area contributed by atoms with E-state index < -0.39 is 10.0 Å². The molecule has 1 saturated carbocycles. The first-order chi connectivity index (χ1) is 12.4. The van der Waals surface area contributed by atoms with Crippen LogP contribution < -0.4 is 4.72 Å². The highest BCUT2D eigenvalue weighted by atomic mass is 35.5. The van der Waals surface area contributed by atoms with Gasteiger partial charge in [0.05, 0.1) is 6.04 Å². The summed E-state index contributed by atoms with van der Waals surface area (Å²) < 4.78 is 29.2. The summed E-state index contributed by atoms with van der Waals surface area (Å²) in [7, 11) is -3.89. The number of tetrazole rings is 1. The lowest BCUT2D eigenvalue weighted by molar-refractivity contribution is 0.601. The molecule has 0 atom stereocenters. The Kier molecular flexibility index (Phi) is 4.29. The molecule has 26 heavy (non-hydrogen) atoms. The van der Waals surface area contributed by atoms with Crippen molar-refractivity contribution in [2.24, 2.45) is 0 Å². The van der Waals surface area contributed by atoms with Crippen molar-refractivity contribution < 1.29 is 8.42 Å². The molecule has 134 valence electrons. The zero-order valence-electron chi connectivity index (χ0n) is 13.2. The lowest BCUT2D eigenvalue weighted by Crippen LogP contribution is -2.14. The van der Waals surface area contributed by atoms with E-state index in [-0.39, 0.29) is 15.2 Å². The summed E-state index contributed by atoms with van der Waals surface area (Å²) in [5, 5.41) is 11.7. The molecule has 11 heteroatoms. The Hall–Kier alpha value is -2.23. The molecule has 1 aliphatic carbocycles. The minimum atomic E-state index is -3.89. The highest BCUT2D eigenvalue weighted by molar-refractivity contribution is 7.92. The molecular weight excluding hydrogens is 399 g/mol. The maximum atomic E-state index is 12.5. The smallest absolute Gasteiger partial charge is 0.264 e. The molecule has 0 aliphatic heterocycles. The highest BCUT2D eigenvalue weighted by Crippen LogP contribution is 2.36. The van der Waals surface area contributed by atoms with Gasteiger partial charge < -0.3 is 0 Å². The molecule has 1 fully saturated rings. The van der Waals surface area contributed by atoms with Gasteiger partial charge in [0, 0.05) is 11.3 Å². The molecule has 4 rings (SSSR count). The number of nitrogens with one attached hydrogen (secondary N) is 1. The van der Waals surface area contributed by atoms with Gasteiger partial charge in [0.2, 0.25) is 0 Å². The quantitative estimate of drug-likeness (QED) is 0.647. The summed E-state index contributed by atoms with van der Waals surface area (Å²) in [5.41, 5.74) is 1.18. The monoisotopic (exact) mass is 410 g/mol. The predicted molar refractivity (Wildman–Crippen MR) is 96.6 cm³/mol. The molecule has 0 saturated heterocycles. The molecule has 8 nitrogen and oxygen atoms in total. The van der Waals surface area contributed by atoms with Gasteiger partial charge in [0.25, 0.3) is 10.0 Å². The number of aromatic nitrogens is 5. The van der Waals surface area contributed by atoms with Crippen molar-refractivity contribution >= 4 is 38.9 Å². The molecule has 1 aliphatic rings. The molecule has 0 spiro atoms. The number of rotatable bonds is 5. The van der Waals surface area contributed by atoms with Gasteiger partial charge in [-0.15, -0.1) is 5.10 Å². The summed E-state index contributed by atoms with van der Waals surface area (Å²) in [6.07, 6.45) is 2.12. The first kappa shape index (κ1) is 17.2. The maximum absolute atomic E-state index is 12.5. The number of halogens is 2. The largest absolute Gasteiger partial charge is 0.280 e. The molecule has 0 radical (unpaired) electrons. The van der Waals surface area contributed by atoms with Crippen LogP contribution in [0.25, 0.3) is 11.4 Å². The van der Waals surface area contributed by atoms with E-state index in [9.17, 15) is 8.42 Å². The maximum Gasteiger partial charge on any atom is 0.264 e. The average Bonchev–Trinajstić information content (AvgIpc) is 3.32. The number of sulfonamides is 1. The standard InChI is InChI=1S/C15H12Cl2N6O2S/c16-13-8-7-12(14(17)18-13)26(24,25)20-10-3-1-9(2-4-10)15-19-21-22-23(15)11-5-6-11/h1-4,7-8,11,20H,5-6H2. The van der Waals surface area contributed by atoms with Crippen molar-refractivity contribution in [2.45, 2.75) is 23.8 Å². The van der Waals surface area contributed by atoms with Crippen molar-refractivity contribution in [1.29, 1.82) is 0 Å². The van der Waals surface area contributed by atoms with Crippen LogP contribution in [-0.2, 0) is 10.0 Å². The fraction of sp³-hybridized carbons (Fsp3) is 0.200. The lowest BCUT2D eigenvalue weighted by atomic mass is 10.2. The van der Waals surface area contributed by atoms with Gasteiger partial charge >= 0.3 is 0 Å². The second kappa shape index (κ2) is 6.49. The molecule has 0 unspecified atom stereocenters. The number of pyridine rings is 1. The molecule has 0 amide bonds. The van der Waals surface area contributed by atoms with Crippen molar-refractivity contribution in [3.05, 3.63) is 46.7 Å². The topological polar surface area (TPSA) is 103 Å². The first-order valence-electron chi connectivity index (χ1n) is 7.67. The summed E-state index contributed by atoms with van der Waals surface area (Å²) in [6, 6.07) is 9.79. The van der Waals surface area contributed by atoms with Gasteiger partial charge in [0.15, 0.2) is 11.0 Å². The van der Waals surface area contributed by atoms with Crippen LogP contribution in [0.1, 0.15) is 18.9 Å². The first-order valence-corrected chi connectivity index (χ1v) is 9.91. The van der Waals surface area contributed by atoms with Gasteiger partial charge in [-0.05, 0) is 59.7 Å². The third kappa shape index (κ3) is 3.37. The summed E-state index contributed by atoms with van der Waals surface area (Å²) >= 11 is 11.6. The van der Waals surface area contributed by atoms with Crippen LogP contribution in [0, 0.1) is 0 Å². The van der Waals surface area contributed by atoms with Crippen LogP contribution in [0.3, 0.4) is 0 Å². The SMILES string of the molecule is O=S(=O)(Nc1ccc(-c2nnnn2C2CC2)cc1)c1ccc(Cl)nc1Cl. The number of hydrogen-bond acceptors (Lipinski definition) is 6. The van der Waals surface area contributed by atoms with E-state index in [0.717, 1.165) is 18.4 Å². The van der Waals surface area contributed by atoms with Crippen LogP contribution in [-0.4, -0.2) is 33.6 Å². The third-order valence-electron chi connectivity index (χ3n) is 3.85. The number of nitrogens with zero attached hydrogens (tertiary/aromatic N) is 5. The van der Waals surface area contributed by atoms with E-state index in [1.54, 1.807) is 28.9 Å². The van der Waals surface area contributed by atoms with Crippen LogP contribution in [0.15, 0.2) is 41.3 Å². The Bertz CT molecular complexity index is 1060. The van der Waals surface area contributed by atoms with Crippen LogP contribution in [0.2, 0.25) is 10.3 Å². The average molecular weight is 411 g/mol. The summed E-state index contributed by atoms with van der Waals surface area (Å²) in [5.74, 6) is 0.659. The number of hydrogen-bond donors (Lipinski definition) is 1. The van der Waals surface area contributed by atoms with Gasteiger partial charge in [-0.1, -0.05) is 23.2 Å². The van der Waals surface area contributed by atoms with E-state index in [1.165, 1.54) is 12.1 Å². The Morgan fingerprint density at radius 2 is 1.81 bits per heavy atom. The molecular formula is C15H12Cl2N6O2S. The fourth-order valence-corrected chi connectivity index (χ4v) is 4.17. The van der Waals surface area contributed by atoms with Gasteiger partial charge in [-0.2, -0.15) is 0 Å². The van der Waals surface area contributed by atoms with E-state index in [1.807, 2.05) is 0 Å². The van der Waals surface area contributed by atoms with Gasteiger partial charge in [0.1, 0.15) is 10.0 Å². The van der Waals surface area contributed by atoms with E-state index >= 15 is 0 Å². The van der Waals surface area contributed by atoms with Gasteiger partial charge in [-0.25, -0.2) is 18.1 Å². The summed E-state index contributed by atoms with van der Waals surface area (Å²) in [4.78, 5) is 3.60. The van der Waals surface area contributed by atoms with E-state index in [4.69, 9.17) is 23.2 Å². The predicted octanol–water partition coefficient (Wildman–Crippen LogP) is 3.18. The lowest BCUT2D eigenvalue weighted by Gasteiger charge is -2.10. The molecule has 1 N–H and O–H groups in total. The Morgan fingerprint density at radius 1 is 1.08 bits per heavy atom. The molecule has 1 aromatic carbocycles. The third-order valence-corrected chi connectivity index (χ3v) is 5.87. The van der Waals surface area contributed by atoms with E-state index in [0.29, 0.717) is 17.6 Å². The zero-order chi connectivity index (χ0) is 18.3. The minimum absolute atomic E-state index is 0.117.